The van der Waals surface area contributed by atoms with Gasteiger partial charge in [0, 0.05) is 17.5 Å². The molecule has 0 bridgehead atoms. The smallest absolute Gasteiger partial charge is 0.408 e. The van der Waals surface area contributed by atoms with Crippen LogP contribution in [0.1, 0.15) is 32.8 Å². The fourth-order valence-corrected chi connectivity index (χ4v) is 2.50. The van der Waals surface area contributed by atoms with Crippen LogP contribution in [0.5, 0.6) is 0 Å². The van der Waals surface area contributed by atoms with E-state index in [-0.39, 0.29) is 0 Å². The summed E-state index contributed by atoms with van der Waals surface area (Å²) in [5.41, 5.74) is 0.0251. The Hall–Kier alpha value is -1.07. The molecule has 0 radical (unpaired) electrons. The summed E-state index contributed by atoms with van der Waals surface area (Å²) in [5.74, 6) is 0. The summed E-state index contributed by atoms with van der Waals surface area (Å²) in [6.07, 6.45) is 0.333. The highest BCUT2D eigenvalue weighted by atomic mass is 79.9. The minimum absolute atomic E-state index is 0.411. The van der Waals surface area contributed by atoms with Crippen molar-refractivity contribution in [3.63, 3.8) is 0 Å². The number of carbonyl (C=O) groups is 1. The summed E-state index contributed by atoms with van der Waals surface area (Å²) in [4.78, 5) is 12.1. The second-order valence-electron chi connectivity index (χ2n) is 6.02. The third kappa shape index (κ3) is 3.73. The molecule has 1 aliphatic heterocycles. The Bertz CT molecular complexity index is 473. The number of carbonyl (C=O) groups excluding carboxylic acids is 1. The Morgan fingerprint density at radius 3 is 2.50 bits per heavy atom. The number of amides is 1. The molecule has 1 atom stereocenters. The predicted molar refractivity (Wildman–Crippen MR) is 80.6 cm³/mol. The topological polar surface area (TPSA) is 47.6 Å². The van der Waals surface area contributed by atoms with Gasteiger partial charge in [0.05, 0.1) is 12.1 Å². The third-order valence-corrected chi connectivity index (χ3v) is 3.69. The molecule has 1 heterocycles. The van der Waals surface area contributed by atoms with Crippen LogP contribution in [0.4, 0.5) is 4.79 Å². The fourth-order valence-electron chi connectivity index (χ4n) is 2.23. The maximum atomic E-state index is 12.1. The maximum absolute atomic E-state index is 12.1. The number of benzene rings is 1. The first-order valence-electron chi connectivity index (χ1n) is 6.66. The zero-order chi connectivity index (χ0) is 14.8. The Balaban J connectivity index is 2.18. The van der Waals surface area contributed by atoms with Crippen LogP contribution in [0.3, 0.4) is 0 Å². The zero-order valence-electron chi connectivity index (χ0n) is 12.0. The molecule has 1 saturated heterocycles. The van der Waals surface area contributed by atoms with Crippen LogP contribution in [-0.2, 0) is 15.0 Å². The fraction of sp³-hybridized carbons (Fsp3) is 0.533. The van der Waals surface area contributed by atoms with E-state index in [4.69, 9.17) is 9.47 Å². The average molecular weight is 342 g/mol. The van der Waals surface area contributed by atoms with Gasteiger partial charge in [-0.15, -0.1) is 0 Å². The van der Waals surface area contributed by atoms with Crippen molar-refractivity contribution < 1.29 is 14.3 Å². The Labute approximate surface area is 128 Å². The van der Waals surface area contributed by atoms with Gasteiger partial charge in [-0.3, -0.25) is 0 Å². The number of ether oxygens (including phenoxy) is 2. The van der Waals surface area contributed by atoms with Gasteiger partial charge < -0.3 is 14.8 Å². The molecule has 1 amide bonds. The third-order valence-electron chi connectivity index (χ3n) is 3.16. The standard InChI is InChI=1S/C15H20BrNO3/c1-14(2,3)20-13(18)17-15(8-9-19-10-15)11-4-6-12(16)7-5-11/h4-7H,8-10H2,1-3H3,(H,17,18). The van der Waals surface area contributed by atoms with E-state index < -0.39 is 17.2 Å². The van der Waals surface area contributed by atoms with Gasteiger partial charge in [0.2, 0.25) is 0 Å². The molecule has 2 rings (SSSR count). The highest BCUT2D eigenvalue weighted by Crippen LogP contribution is 2.31. The summed E-state index contributed by atoms with van der Waals surface area (Å²) in [7, 11) is 0. The molecule has 0 spiro atoms. The first kappa shape index (κ1) is 15.3. The van der Waals surface area contributed by atoms with Crippen LogP contribution in [0, 0.1) is 0 Å². The van der Waals surface area contributed by atoms with Gasteiger partial charge in [-0.25, -0.2) is 4.79 Å². The van der Waals surface area contributed by atoms with Crippen molar-refractivity contribution >= 4 is 22.0 Å². The minimum Gasteiger partial charge on any atom is -0.444 e. The van der Waals surface area contributed by atoms with Gasteiger partial charge in [-0.2, -0.15) is 0 Å². The van der Waals surface area contributed by atoms with Gasteiger partial charge >= 0.3 is 6.09 Å². The van der Waals surface area contributed by atoms with E-state index in [2.05, 4.69) is 21.2 Å². The van der Waals surface area contributed by atoms with E-state index in [0.29, 0.717) is 13.2 Å². The predicted octanol–water partition coefficient (Wildman–Crippen LogP) is 3.59. The molecule has 0 aliphatic carbocycles. The lowest BCUT2D eigenvalue weighted by Gasteiger charge is -2.31. The number of hydrogen-bond donors (Lipinski definition) is 1. The molecule has 5 heteroatoms. The molecule has 1 aliphatic rings. The molecular formula is C15H20BrNO3. The second kappa shape index (κ2) is 5.74. The van der Waals surface area contributed by atoms with Crippen molar-refractivity contribution in [2.24, 2.45) is 0 Å². The molecule has 1 aromatic rings. The van der Waals surface area contributed by atoms with Gasteiger partial charge in [0.25, 0.3) is 0 Å². The van der Waals surface area contributed by atoms with E-state index >= 15 is 0 Å². The van der Waals surface area contributed by atoms with Crippen LogP contribution in [-0.4, -0.2) is 24.9 Å². The zero-order valence-corrected chi connectivity index (χ0v) is 13.6. The molecule has 110 valence electrons. The molecule has 4 nitrogen and oxygen atoms in total. The first-order valence-corrected chi connectivity index (χ1v) is 7.45. The van der Waals surface area contributed by atoms with E-state index in [9.17, 15) is 4.79 Å². The van der Waals surface area contributed by atoms with Crippen molar-refractivity contribution in [1.29, 1.82) is 0 Å². The Morgan fingerprint density at radius 2 is 2.00 bits per heavy atom. The Morgan fingerprint density at radius 1 is 1.35 bits per heavy atom. The van der Waals surface area contributed by atoms with E-state index in [1.165, 1.54) is 0 Å². The summed E-state index contributed by atoms with van der Waals surface area (Å²) in [6.45, 7) is 6.65. The van der Waals surface area contributed by atoms with Crippen molar-refractivity contribution in [3.8, 4) is 0 Å². The lowest BCUT2D eigenvalue weighted by atomic mass is 9.89. The number of hydrogen-bond acceptors (Lipinski definition) is 3. The van der Waals surface area contributed by atoms with Crippen LogP contribution < -0.4 is 5.32 Å². The van der Waals surface area contributed by atoms with Crippen LogP contribution in [0.25, 0.3) is 0 Å². The normalized spacial score (nSPS) is 22.6. The highest BCUT2D eigenvalue weighted by Gasteiger charge is 2.39. The lowest BCUT2D eigenvalue weighted by molar-refractivity contribution is 0.0437. The monoisotopic (exact) mass is 341 g/mol. The highest BCUT2D eigenvalue weighted by molar-refractivity contribution is 9.10. The van der Waals surface area contributed by atoms with Gasteiger partial charge in [-0.05, 0) is 38.5 Å². The molecule has 1 N–H and O–H groups in total. The molecular weight excluding hydrogens is 322 g/mol. The maximum Gasteiger partial charge on any atom is 0.408 e. The van der Waals surface area contributed by atoms with E-state index in [1.54, 1.807) is 0 Å². The summed E-state index contributed by atoms with van der Waals surface area (Å²) in [5, 5.41) is 2.98. The average Bonchev–Trinajstić information content (AvgIpc) is 2.76. The number of alkyl carbamates (subject to hydrolysis) is 1. The molecule has 0 saturated carbocycles. The second-order valence-corrected chi connectivity index (χ2v) is 6.93. The minimum atomic E-state index is -0.509. The van der Waals surface area contributed by atoms with Crippen LogP contribution in [0.2, 0.25) is 0 Å². The summed E-state index contributed by atoms with van der Waals surface area (Å²) in [6, 6.07) is 7.92. The Kier molecular flexibility index (Phi) is 4.39. The summed E-state index contributed by atoms with van der Waals surface area (Å²) >= 11 is 3.42. The van der Waals surface area contributed by atoms with Gasteiger partial charge in [0.15, 0.2) is 0 Å². The van der Waals surface area contributed by atoms with Gasteiger partial charge in [-0.1, -0.05) is 28.1 Å². The lowest BCUT2D eigenvalue weighted by Crippen LogP contribution is -2.48. The van der Waals surface area contributed by atoms with Crippen LogP contribution in [0.15, 0.2) is 28.7 Å². The molecule has 1 fully saturated rings. The van der Waals surface area contributed by atoms with E-state index in [0.717, 1.165) is 16.5 Å². The first-order chi connectivity index (χ1) is 9.31. The molecule has 0 aromatic heterocycles. The number of rotatable bonds is 2. The molecule has 20 heavy (non-hydrogen) atoms. The van der Waals surface area contributed by atoms with Crippen molar-refractivity contribution in [3.05, 3.63) is 34.3 Å². The van der Waals surface area contributed by atoms with Crippen molar-refractivity contribution in [2.45, 2.75) is 38.3 Å². The molecule has 1 unspecified atom stereocenters. The summed E-state index contributed by atoms with van der Waals surface area (Å²) < 4.78 is 11.9. The molecule has 1 aromatic carbocycles. The van der Waals surface area contributed by atoms with Crippen LogP contribution >= 0.6 is 15.9 Å². The van der Waals surface area contributed by atoms with E-state index in [1.807, 2.05) is 45.0 Å². The van der Waals surface area contributed by atoms with Gasteiger partial charge in [0.1, 0.15) is 5.60 Å². The largest absolute Gasteiger partial charge is 0.444 e. The van der Waals surface area contributed by atoms with Crippen molar-refractivity contribution in [1.82, 2.24) is 5.32 Å². The SMILES string of the molecule is CC(C)(C)OC(=O)NC1(c2ccc(Br)cc2)CCOC1. The number of halogens is 1. The van der Waals surface area contributed by atoms with Crippen molar-refractivity contribution in [2.75, 3.05) is 13.2 Å². The number of nitrogens with one attached hydrogen (secondary N) is 1. The quantitative estimate of drug-likeness (QED) is 0.894.